The molecule has 0 fully saturated rings. The Bertz CT molecular complexity index is 574. The normalized spacial score (nSPS) is 11.7. The second kappa shape index (κ2) is 6.25. The number of allylic oxidation sites excluding steroid dienone is 1. The molecule has 4 nitrogen and oxygen atoms in total. The van der Waals surface area contributed by atoms with Gasteiger partial charge in [0.2, 0.25) is 0 Å². The van der Waals surface area contributed by atoms with Gasteiger partial charge in [-0.15, -0.1) is 0 Å². The summed E-state index contributed by atoms with van der Waals surface area (Å²) in [6.45, 7) is 5.35. The van der Waals surface area contributed by atoms with Gasteiger partial charge in [0.05, 0.1) is 19.8 Å². The Hall–Kier alpha value is -2.28. The lowest BCUT2D eigenvalue weighted by Crippen LogP contribution is -2.21. The maximum atomic E-state index is 12.2. The van der Waals surface area contributed by atoms with Gasteiger partial charge >= 0.3 is 0 Å². The topological polar surface area (TPSA) is 59.3 Å². The molecule has 0 unspecified atom stereocenters. The fourth-order valence-corrected chi connectivity index (χ4v) is 1.65. The molecule has 0 aliphatic carbocycles. The molecule has 0 atom stereocenters. The predicted molar refractivity (Wildman–Crippen MR) is 77.6 cm³/mol. The van der Waals surface area contributed by atoms with Crippen LogP contribution in [0.4, 0.5) is 0 Å². The Balaban J connectivity index is 3.27. The molecule has 0 heterocycles. The van der Waals surface area contributed by atoms with Crippen LogP contribution in [0.1, 0.15) is 26.3 Å². The van der Waals surface area contributed by atoms with Crippen LogP contribution in [0.5, 0.6) is 11.5 Å². The van der Waals surface area contributed by atoms with Gasteiger partial charge in [-0.1, -0.05) is 20.8 Å². The number of carbonyl (C=O) groups is 1. The fraction of sp³-hybridized carbons (Fsp3) is 0.375. The molecular formula is C16H19NO3. The SMILES string of the molecule is COc1ccc(C=C(C#N)C(=O)C(C)(C)C)c(OC)c1. The van der Waals surface area contributed by atoms with E-state index < -0.39 is 5.41 Å². The van der Waals surface area contributed by atoms with Gasteiger partial charge in [-0.25, -0.2) is 0 Å². The van der Waals surface area contributed by atoms with E-state index in [0.717, 1.165) is 0 Å². The van der Waals surface area contributed by atoms with E-state index in [-0.39, 0.29) is 11.4 Å². The van der Waals surface area contributed by atoms with Crippen LogP contribution in [0.15, 0.2) is 23.8 Å². The summed E-state index contributed by atoms with van der Waals surface area (Å²) < 4.78 is 10.4. The van der Waals surface area contributed by atoms with Crippen molar-refractivity contribution in [2.45, 2.75) is 20.8 Å². The summed E-state index contributed by atoms with van der Waals surface area (Å²) in [5.74, 6) is 1.01. The summed E-state index contributed by atoms with van der Waals surface area (Å²) >= 11 is 0. The van der Waals surface area contributed by atoms with Crippen LogP contribution in [0, 0.1) is 16.7 Å². The van der Waals surface area contributed by atoms with Crippen molar-refractivity contribution < 1.29 is 14.3 Å². The summed E-state index contributed by atoms with van der Waals surface area (Å²) in [4.78, 5) is 12.2. The highest BCUT2D eigenvalue weighted by molar-refractivity contribution is 6.06. The smallest absolute Gasteiger partial charge is 0.178 e. The summed E-state index contributed by atoms with van der Waals surface area (Å²) in [5, 5.41) is 9.18. The molecule has 106 valence electrons. The standard InChI is InChI=1S/C16H19NO3/c1-16(2,3)15(18)12(10-17)8-11-6-7-13(19-4)9-14(11)20-5/h6-9H,1-5H3. The van der Waals surface area contributed by atoms with Crippen LogP contribution >= 0.6 is 0 Å². The molecule has 1 aromatic rings. The average molecular weight is 273 g/mol. The Morgan fingerprint density at radius 1 is 1.25 bits per heavy atom. The van der Waals surface area contributed by atoms with Gasteiger partial charge in [0.25, 0.3) is 0 Å². The Kier molecular flexibility index (Phi) is 4.93. The molecule has 0 aliphatic rings. The minimum absolute atomic E-state index is 0.112. The maximum absolute atomic E-state index is 12.2. The minimum Gasteiger partial charge on any atom is -0.497 e. The number of nitrogens with zero attached hydrogens (tertiary/aromatic N) is 1. The van der Waals surface area contributed by atoms with Crippen LogP contribution in [0.3, 0.4) is 0 Å². The van der Waals surface area contributed by atoms with Crippen molar-refractivity contribution in [3.8, 4) is 17.6 Å². The van der Waals surface area contributed by atoms with Gasteiger partial charge in [-0.05, 0) is 18.2 Å². The van der Waals surface area contributed by atoms with Crippen molar-refractivity contribution in [1.82, 2.24) is 0 Å². The van der Waals surface area contributed by atoms with Crippen LogP contribution in [0.25, 0.3) is 6.08 Å². The quantitative estimate of drug-likeness (QED) is 0.624. The Morgan fingerprint density at radius 3 is 2.35 bits per heavy atom. The number of carbonyl (C=O) groups excluding carboxylic acids is 1. The highest BCUT2D eigenvalue weighted by Gasteiger charge is 2.25. The molecule has 0 amide bonds. The third-order valence-corrected chi connectivity index (χ3v) is 2.79. The van der Waals surface area contributed by atoms with Gasteiger partial charge in [-0.2, -0.15) is 5.26 Å². The summed E-state index contributed by atoms with van der Waals surface area (Å²) in [6.07, 6.45) is 1.55. The van der Waals surface area contributed by atoms with Crippen LogP contribution in [-0.4, -0.2) is 20.0 Å². The number of Topliss-reactive ketones (excluding diaryl/α,β-unsaturated/α-hetero) is 1. The number of methoxy groups -OCH3 is 2. The molecule has 20 heavy (non-hydrogen) atoms. The fourth-order valence-electron chi connectivity index (χ4n) is 1.65. The molecule has 0 bridgehead atoms. The number of ketones is 1. The van der Waals surface area contributed by atoms with E-state index in [1.165, 1.54) is 7.11 Å². The van der Waals surface area contributed by atoms with Gasteiger partial charge < -0.3 is 9.47 Å². The van der Waals surface area contributed by atoms with Gasteiger partial charge in [0.15, 0.2) is 5.78 Å². The molecule has 1 aromatic carbocycles. The lowest BCUT2D eigenvalue weighted by atomic mass is 9.86. The zero-order valence-electron chi connectivity index (χ0n) is 12.5. The third-order valence-electron chi connectivity index (χ3n) is 2.79. The Morgan fingerprint density at radius 2 is 1.90 bits per heavy atom. The Labute approximate surface area is 119 Å². The first kappa shape index (κ1) is 15.8. The van der Waals surface area contributed by atoms with Crippen molar-refractivity contribution in [3.63, 3.8) is 0 Å². The van der Waals surface area contributed by atoms with Crippen LogP contribution in [0.2, 0.25) is 0 Å². The first-order valence-corrected chi connectivity index (χ1v) is 6.22. The summed E-state index contributed by atoms with van der Waals surface area (Å²) in [7, 11) is 3.10. The zero-order chi connectivity index (χ0) is 15.3. The molecule has 4 heteroatoms. The number of hydrogen-bond donors (Lipinski definition) is 0. The first-order chi connectivity index (χ1) is 9.33. The molecule has 1 rings (SSSR count). The molecule has 0 aliphatic heterocycles. The average Bonchev–Trinajstić information content (AvgIpc) is 2.42. The molecule has 0 aromatic heterocycles. The van der Waals surface area contributed by atoms with E-state index in [1.54, 1.807) is 52.2 Å². The van der Waals surface area contributed by atoms with Crippen molar-refractivity contribution in [2.24, 2.45) is 5.41 Å². The summed E-state index contributed by atoms with van der Waals surface area (Å²) in [5.41, 5.74) is 0.185. The first-order valence-electron chi connectivity index (χ1n) is 6.22. The molecule has 0 saturated carbocycles. The number of hydrogen-bond acceptors (Lipinski definition) is 4. The third kappa shape index (κ3) is 3.61. The predicted octanol–water partition coefficient (Wildman–Crippen LogP) is 3.23. The second-order valence-electron chi connectivity index (χ2n) is 5.36. The molecule has 0 saturated heterocycles. The van der Waals surface area contributed by atoms with E-state index in [0.29, 0.717) is 17.1 Å². The van der Waals surface area contributed by atoms with E-state index in [4.69, 9.17) is 9.47 Å². The van der Waals surface area contributed by atoms with Crippen molar-refractivity contribution in [2.75, 3.05) is 14.2 Å². The van der Waals surface area contributed by atoms with Gasteiger partial charge in [0.1, 0.15) is 17.6 Å². The number of rotatable bonds is 4. The molecule has 0 spiro atoms. The molecule has 0 N–H and O–H groups in total. The minimum atomic E-state index is -0.596. The van der Waals surface area contributed by atoms with Gasteiger partial charge in [0, 0.05) is 17.0 Å². The largest absolute Gasteiger partial charge is 0.497 e. The van der Waals surface area contributed by atoms with Crippen molar-refractivity contribution in [1.29, 1.82) is 5.26 Å². The van der Waals surface area contributed by atoms with Crippen molar-refractivity contribution in [3.05, 3.63) is 29.3 Å². The molecular weight excluding hydrogens is 254 g/mol. The maximum Gasteiger partial charge on any atom is 0.178 e. The van der Waals surface area contributed by atoms with Crippen molar-refractivity contribution >= 4 is 11.9 Å². The van der Waals surface area contributed by atoms with Gasteiger partial charge in [-0.3, -0.25) is 4.79 Å². The monoisotopic (exact) mass is 273 g/mol. The van der Waals surface area contributed by atoms with E-state index in [9.17, 15) is 10.1 Å². The molecule has 0 radical (unpaired) electrons. The number of nitriles is 1. The highest BCUT2D eigenvalue weighted by atomic mass is 16.5. The summed E-state index contributed by atoms with van der Waals surface area (Å²) in [6, 6.07) is 7.18. The zero-order valence-corrected chi connectivity index (χ0v) is 12.5. The lowest BCUT2D eigenvalue weighted by Gasteiger charge is -2.15. The van der Waals surface area contributed by atoms with E-state index in [1.807, 2.05) is 6.07 Å². The van der Waals surface area contributed by atoms with E-state index >= 15 is 0 Å². The van der Waals surface area contributed by atoms with Crippen LogP contribution < -0.4 is 9.47 Å². The highest BCUT2D eigenvalue weighted by Crippen LogP contribution is 2.28. The number of ether oxygens (including phenoxy) is 2. The van der Waals surface area contributed by atoms with E-state index in [2.05, 4.69) is 0 Å². The lowest BCUT2D eigenvalue weighted by molar-refractivity contribution is -0.121. The number of benzene rings is 1. The van der Waals surface area contributed by atoms with Crippen LogP contribution in [-0.2, 0) is 4.79 Å². The second-order valence-corrected chi connectivity index (χ2v) is 5.36.